The summed E-state index contributed by atoms with van der Waals surface area (Å²) in [6.45, 7) is 0.436. The first kappa shape index (κ1) is 17.3. The fourth-order valence-electron chi connectivity index (χ4n) is 1.53. The van der Waals surface area contributed by atoms with Gasteiger partial charge in [-0.05, 0) is 34.5 Å². The van der Waals surface area contributed by atoms with Crippen molar-refractivity contribution in [3.8, 4) is 17.6 Å². The highest BCUT2D eigenvalue weighted by Gasteiger charge is 2.19. The molecule has 0 amide bonds. The number of ether oxygens (including phenoxy) is 2. The van der Waals surface area contributed by atoms with E-state index in [1.807, 2.05) is 0 Å². The van der Waals surface area contributed by atoms with Crippen molar-refractivity contribution in [1.29, 1.82) is 5.26 Å². The third-order valence-corrected chi connectivity index (χ3v) is 3.49. The molecule has 0 aliphatic carbocycles. The number of benzene rings is 1. The number of hydrogen-bond donors (Lipinski definition) is 1. The maximum absolute atomic E-state index is 12.2. The number of alkyl halides is 1. The van der Waals surface area contributed by atoms with Gasteiger partial charge in [0.1, 0.15) is 11.6 Å². The number of halogens is 2. The fourth-order valence-corrected chi connectivity index (χ4v) is 2.14. The van der Waals surface area contributed by atoms with Crippen LogP contribution in [-0.2, 0) is 0 Å². The summed E-state index contributed by atoms with van der Waals surface area (Å²) in [4.78, 5) is 12.2. The van der Waals surface area contributed by atoms with E-state index in [4.69, 9.17) is 32.1 Å². The smallest absolute Gasteiger partial charge is 0.206 e. The number of allylic oxidation sites excluding steroid dienone is 1. The SMILES string of the molecule is COc1cc(C(=O)/C(C#N)=C/N)c(Br)cc1OCCCCl. The summed E-state index contributed by atoms with van der Waals surface area (Å²) >= 11 is 8.88. The molecule has 0 bridgehead atoms. The summed E-state index contributed by atoms with van der Waals surface area (Å²) < 4.78 is 11.2. The third-order valence-electron chi connectivity index (χ3n) is 2.57. The Hall–Kier alpha value is -1.71. The van der Waals surface area contributed by atoms with Crippen molar-refractivity contribution < 1.29 is 14.3 Å². The Labute approximate surface area is 136 Å². The second kappa shape index (κ2) is 8.55. The van der Waals surface area contributed by atoms with Crippen LogP contribution >= 0.6 is 27.5 Å². The van der Waals surface area contributed by atoms with Gasteiger partial charge in [-0.2, -0.15) is 5.26 Å². The molecule has 0 aliphatic rings. The van der Waals surface area contributed by atoms with Crippen molar-refractivity contribution in [3.63, 3.8) is 0 Å². The lowest BCUT2D eigenvalue weighted by atomic mass is 10.0. The molecule has 1 aromatic carbocycles. The predicted octanol–water partition coefficient (Wildman–Crippen LogP) is 3.01. The highest BCUT2D eigenvalue weighted by molar-refractivity contribution is 9.10. The first-order valence-electron chi connectivity index (χ1n) is 6.02. The first-order valence-corrected chi connectivity index (χ1v) is 7.34. The quantitative estimate of drug-likeness (QED) is 0.261. The molecule has 0 fully saturated rings. The summed E-state index contributed by atoms with van der Waals surface area (Å²) in [6, 6.07) is 4.87. The van der Waals surface area contributed by atoms with Crippen LogP contribution in [-0.4, -0.2) is 25.4 Å². The lowest BCUT2D eigenvalue weighted by Crippen LogP contribution is -2.07. The van der Waals surface area contributed by atoms with Gasteiger partial charge in [0, 0.05) is 22.1 Å². The van der Waals surface area contributed by atoms with Crippen molar-refractivity contribution >= 4 is 33.3 Å². The zero-order valence-corrected chi connectivity index (χ0v) is 13.7. The molecule has 112 valence electrons. The number of rotatable bonds is 7. The molecule has 0 radical (unpaired) electrons. The Kier molecular flexibility index (Phi) is 7.06. The number of nitriles is 1. The maximum atomic E-state index is 12.2. The second-order valence-electron chi connectivity index (χ2n) is 3.90. The van der Waals surface area contributed by atoms with E-state index in [1.165, 1.54) is 13.2 Å². The van der Waals surface area contributed by atoms with Gasteiger partial charge in [0.25, 0.3) is 0 Å². The number of carbonyl (C=O) groups is 1. The van der Waals surface area contributed by atoms with Gasteiger partial charge in [0.05, 0.1) is 13.7 Å². The number of nitrogens with two attached hydrogens (primary N) is 1. The number of nitrogens with zero attached hydrogens (tertiary/aromatic N) is 1. The molecule has 0 atom stereocenters. The minimum absolute atomic E-state index is 0.145. The number of hydrogen-bond acceptors (Lipinski definition) is 5. The van der Waals surface area contributed by atoms with E-state index in [0.29, 0.717) is 34.9 Å². The molecule has 0 unspecified atom stereocenters. The highest BCUT2D eigenvalue weighted by atomic mass is 79.9. The molecule has 0 heterocycles. The molecule has 0 saturated heterocycles. The molecule has 0 aromatic heterocycles. The van der Waals surface area contributed by atoms with Crippen LogP contribution in [0, 0.1) is 11.3 Å². The van der Waals surface area contributed by atoms with Crippen molar-refractivity contribution in [2.75, 3.05) is 19.6 Å². The normalized spacial score (nSPS) is 10.9. The van der Waals surface area contributed by atoms with Gasteiger partial charge in [-0.1, -0.05) is 0 Å². The van der Waals surface area contributed by atoms with Gasteiger partial charge < -0.3 is 15.2 Å². The standard InChI is InChI=1S/C14H14BrClN2O3/c1-20-12-5-10(14(19)9(7-17)8-18)11(15)6-13(12)21-4-2-3-16/h5-7H,2-4,17H2,1H3/b9-7+. The number of ketones is 1. The van der Waals surface area contributed by atoms with Crippen molar-refractivity contribution in [2.24, 2.45) is 5.73 Å². The third kappa shape index (κ3) is 4.38. The van der Waals surface area contributed by atoms with E-state index in [1.54, 1.807) is 12.1 Å². The average molecular weight is 374 g/mol. The Morgan fingerprint density at radius 2 is 2.24 bits per heavy atom. The van der Waals surface area contributed by atoms with Gasteiger partial charge in [-0.15, -0.1) is 11.6 Å². The van der Waals surface area contributed by atoms with Crippen LogP contribution in [0.3, 0.4) is 0 Å². The van der Waals surface area contributed by atoms with Gasteiger partial charge >= 0.3 is 0 Å². The lowest BCUT2D eigenvalue weighted by molar-refractivity contribution is 0.103. The van der Waals surface area contributed by atoms with Gasteiger partial charge in [-0.3, -0.25) is 4.79 Å². The maximum Gasteiger partial charge on any atom is 0.206 e. The number of methoxy groups -OCH3 is 1. The average Bonchev–Trinajstić information content (AvgIpc) is 2.48. The van der Waals surface area contributed by atoms with Crippen molar-refractivity contribution in [1.82, 2.24) is 0 Å². The number of carbonyl (C=O) groups excluding carboxylic acids is 1. The summed E-state index contributed by atoms with van der Waals surface area (Å²) in [6.07, 6.45) is 1.67. The Morgan fingerprint density at radius 1 is 1.52 bits per heavy atom. The Morgan fingerprint density at radius 3 is 2.76 bits per heavy atom. The van der Waals surface area contributed by atoms with Gasteiger partial charge in [0.15, 0.2) is 11.5 Å². The molecule has 0 saturated carbocycles. The van der Waals surface area contributed by atoms with Crippen LogP contribution < -0.4 is 15.2 Å². The van der Waals surface area contributed by atoms with Crippen molar-refractivity contribution in [3.05, 3.63) is 33.9 Å². The molecule has 1 rings (SSSR count). The molecule has 1 aromatic rings. The summed E-state index contributed by atoms with van der Waals surface area (Å²) in [5, 5.41) is 8.87. The monoisotopic (exact) mass is 372 g/mol. The minimum atomic E-state index is -0.488. The van der Waals surface area contributed by atoms with E-state index in [0.717, 1.165) is 6.20 Å². The molecule has 21 heavy (non-hydrogen) atoms. The molecule has 2 N–H and O–H groups in total. The van der Waals surface area contributed by atoms with Crippen molar-refractivity contribution in [2.45, 2.75) is 6.42 Å². The summed E-state index contributed by atoms with van der Waals surface area (Å²) in [7, 11) is 1.47. The van der Waals surface area contributed by atoms with Gasteiger partial charge in [0.2, 0.25) is 5.78 Å². The van der Waals surface area contributed by atoms with E-state index in [9.17, 15) is 4.79 Å². The molecule has 7 heteroatoms. The van der Waals surface area contributed by atoms with Gasteiger partial charge in [-0.25, -0.2) is 0 Å². The van der Waals surface area contributed by atoms with Crippen LogP contribution in [0.15, 0.2) is 28.4 Å². The largest absolute Gasteiger partial charge is 0.493 e. The van der Waals surface area contributed by atoms with Crippen LogP contribution in [0.5, 0.6) is 11.5 Å². The molecule has 0 spiro atoms. The summed E-state index contributed by atoms with van der Waals surface area (Å²) in [5.41, 5.74) is 5.39. The lowest BCUT2D eigenvalue weighted by Gasteiger charge is -2.13. The van der Waals surface area contributed by atoms with E-state index < -0.39 is 5.78 Å². The Bertz CT molecular complexity index is 597. The highest BCUT2D eigenvalue weighted by Crippen LogP contribution is 2.34. The second-order valence-corrected chi connectivity index (χ2v) is 5.13. The zero-order valence-electron chi connectivity index (χ0n) is 11.4. The topological polar surface area (TPSA) is 85.3 Å². The first-order chi connectivity index (χ1) is 10.1. The minimum Gasteiger partial charge on any atom is -0.493 e. The van der Waals surface area contributed by atoms with Crippen LogP contribution in [0.25, 0.3) is 0 Å². The summed E-state index contributed by atoms with van der Waals surface area (Å²) in [5.74, 6) is 0.886. The molecule has 0 aliphatic heterocycles. The van der Waals surface area contributed by atoms with Crippen LogP contribution in [0.2, 0.25) is 0 Å². The van der Waals surface area contributed by atoms with E-state index in [2.05, 4.69) is 15.9 Å². The Balaban J connectivity index is 3.15. The predicted molar refractivity (Wildman–Crippen MR) is 83.7 cm³/mol. The molecular weight excluding hydrogens is 360 g/mol. The van der Waals surface area contributed by atoms with Crippen LogP contribution in [0.1, 0.15) is 16.8 Å². The van der Waals surface area contributed by atoms with E-state index in [-0.39, 0.29) is 11.1 Å². The van der Waals surface area contributed by atoms with Crippen LogP contribution in [0.4, 0.5) is 0 Å². The zero-order chi connectivity index (χ0) is 15.8. The number of Topliss-reactive ketones (excluding diaryl/α,β-unsaturated/α-hetero) is 1. The molecular formula is C14H14BrClN2O3. The fraction of sp³-hybridized carbons (Fsp3) is 0.286. The van der Waals surface area contributed by atoms with E-state index >= 15 is 0 Å². The molecule has 5 nitrogen and oxygen atoms in total.